The molecular formula is C16H15N7O2S. The molecule has 4 rings (SSSR count). The molecule has 0 aliphatic heterocycles. The van der Waals surface area contributed by atoms with E-state index >= 15 is 0 Å². The van der Waals surface area contributed by atoms with E-state index in [1.165, 1.54) is 33.1 Å². The number of fused-ring (bicyclic) bond motifs is 1. The third kappa shape index (κ3) is 3.02. The van der Waals surface area contributed by atoms with E-state index in [4.69, 9.17) is 0 Å². The van der Waals surface area contributed by atoms with Crippen molar-refractivity contribution in [3.63, 3.8) is 0 Å². The normalized spacial score (nSPS) is 11.1. The van der Waals surface area contributed by atoms with Crippen LogP contribution in [0.15, 0.2) is 41.0 Å². The molecule has 0 aliphatic rings. The van der Waals surface area contributed by atoms with Gasteiger partial charge in [0.25, 0.3) is 5.56 Å². The summed E-state index contributed by atoms with van der Waals surface area (Å²) >= 11 is 1.35. The molecule has 26 heavy (non-hydrogen) atoms. The van der Waals surface area contributed by atoms with Crippen molar-refractivity contribution in [2.75, 3.05) is 5.32 Å². The Labute approximate surface area is 151 Å². The van der Waals surface area contributed by atoms with Gasteiger partial charge >= 0.3 is 0 Å². The number of carbonyl (C=O) groups excluding carboxylic acids is 1. The van der Waals surface area contributed by atoms with Crippen LogP contribution in [0.2, 0.25) is 0 Å². The Morgan fingerprint density at radius 2 is 2.31 bits per heavy atom. The van der Waals surface area contributed by atoms with Crippen LogP contribution in [-0.4, -0.2) is 35.2 Å². The highest BCUT2D eigenvalue weighted by Crippen LogP contribution is 2.23. The van der Waals surface area contributed by atoms with Gasteiger partial charge in [-0.05, 0) is 12.1 Å². The molecule has 0 aromatic carbocycles. The summed E-state index contributed by atoms with van der Waals surface area (Å²) in [4.78, 5) is 36.2. The lowest BCUT2D eigenvalue weighted by molar-refractivity contribution is -0.116. The van der Waals surface area contributed by atoms with Gasteiger partial charge in [0.05, 0.1) is 23.9 Å². The highest BCUT2D eigenvalue weighted by molar-refractivity contribution is 7.14. The fraction of sp³-hybridized carbons (Fsp3) is 0.188. The predicted octanol–water partition coefficient (Wildman–Crippen LogP) is 1.61. The second-order valence-electron chi connectivity index (χ2n) is 5.67. The molecule has 4 heterocycles. The molecule has 0 fully saturated rings. The van der Waals surface area contributed by atoms with Crippen LogP contribution >= 0.6 is 11.3 Å². The topological polar surface area (TPSA) is 110 Å². The third-order valence-corrected chi connectivity index (χ3v) is 4.68. The minimum atomic E-state index is -0.212. The average molecular weight is 369 g/mol. The van der Waals surface area contributed by atoms with Gasteiger partial charge in [-0.25, -0.2) is 9.97 Å². The lowest BCUT2D eigenvalue weighted by Crippen LogP contribution is -2.23. The smallest absolute Gasteiger partial charge is 0.264 e. The molecule has 10 heteroatoms. The molecule has 0 unspecified atom stereocenters. The minimum Gasteiger partial charge on any atom is -0.360 e. The molecule has 4 aromatic rings. The van der Waals surface area contributed by atoms with E-state index in [1.54, 1.807) is 7.05 Å². The molecule has 4 aromatic heterocycles. The maximum atomic E-state index is 12.4. The first-order valence-electron chi connectivity index (χ1n) is 7.88. The van der Waals surface area contributed by atoms with Gasteiger partial charge in [0.1, 0.15) is 5.39 Å². The second-order valence-corrected chi connectivity index (χ2v) is 6.53. The van der Waals surface area contributed by atoms with Crippen molar-refractivity contribution in [2.24, 2.45) is 7.05 Å². The zero-order chi connectivity index (χ0) is 18.1. The largest absolute Gasteiger partial charge is 0.360 e. The monoisotopic (exact) mass is 369 g/mol. The summed E-state index contributed by atoms with van der Waals surface area (Å²) in [6.45, 7) is 0.233. The first kappa shape index (κ1) is 16.2. The molecule has 0 saturated carbocycles. The molecule has 132 valence electrons. The molecule has 1 amide bonds. The lowest BCUT2D eigenvalue weighted by Gasteiger charge is -2.05. The molecule has 9 nitrogen and oxygen atoms in total. The van der Waals surface area contributed by atoms with E-state index in [0.29, 0.717) is 16.2 Å². The number of nitrogens with zero attached hydrogens (tertiary/aromatic N) is 5. The number of carbonyl (C=O) groups is 1. The molecule has 0 spiro atoms. The van der Waals surface area contributed by atoms with E-state index in [9.17, 15) is 9.59 Å². The Morgan fingerprint density at radius 3 is 3.12 bits per heavy atom. The van der Waals surface area contributed by atoms with Gasteiger partial charge in [-0.2, -0.15) is 5.10 Å². The standard InChI is InChI=1S/C16H15N7O2S/c1-22-14-10(7-19-22)15(25)23(9-18-14)6-4-13(24)21-16-20-12(8-26-16)11-3-2-5-17-11/h2-3,5,7-9,17H,4,6H2,1H3,(H,20,21,24). The maximum Gasteiger partial charge on any atom is 0.264 e. The first-order chi connectivity index (χ1) is 12.6. The number of aryl methyl sites for hydroxylation is 2. The van der Waals surface area contributed by atoms with Crippen molar-refractivity contribution in [3.05, 3.63) is 46.6 Å². The van der Waals surface area contributed by atoms with Crippen LogP contribution in [0, 0.1) is 0 Å². The minimum absolute atomic E-state index is 0.144. The summed E-state index contributed by atoms with van der Waals surface area (Å²) in [5.74, 6) is -0.212. The van der Waals surface area contributed by atoms with Gasteiger partial charge in [0, 0.05) is 31.6 Å². The number of aromatic amines is 1. The number of thiazole rings is 1. The lowest BCUT2D eigenvalue weighted by atomic mass is 10.3. The fourth-order valence-corrected chi connectivity index (χ4v) is 3.30. The highest BCUT2D eigenvalue weighted by atomic mass is 32.1. The molecule has 0 aliphatic carbocycles. The summed E-state index contributed by atoms with van der Waals surface area (Å²) < 4.78 is 2.95. The zero-order valence-electron chi connectivity index (χ0n) is 13.8. The quantitative estimate of drug-likeness (QED) is 0.555. The Kier molecular flexibility index (Phi) is 4.09. The van der Waals surface area contributed by atoms with E-state index in [-0.39, 0.29) is 24.4 Å². The van der Waals surface area contributed by atoms with E-state index in [2.05, 4.69) is 25.4 Å². The van der Waals surface area contributed by atoms with Crippen molar-refractivity contribution in [1.82, 2.24) is 29.3 Å². The van der Waals surface area contributed by atoms with Crippen LogP contribution in [0.5, 0.6) is 0 Å². The number of hydrogen-bond donors (Lipinski definition) is 2. The maximum absolute atomic E-state index is 12.4. The van der Waals surface area contributed by atoms with Gasteiger partial charge in [0.2, 0.25) is 5.91 Å². The van der Waals surface area contributed by atoms with E-state index in [1.807, 2.05) is 23.7 Å². The van der Waals surface area contributed by atoms with Gasteiger partial charge in [-0.3, -0.25) is 18.8 Å². The molecule has 0 atom stereocenters. The van der Waals surface area contributed by atoms with Crippen molar-refractivity contribution in [1.29, 1.82) is 0 Å². The summed E-state index contributed by atoms with van der Waals surface area (Å²) in [6.07, 6.45) is 4.88. The van der Waals surface area contributed by atoms with E-state index < -0.39 is 0 Å². The molecule has 0 radical (unpaired) electrons. The number of H-pyrrole nitrogens is 1. The first-order valence-corrected chi connectivity index (χ1v) is 8.76. The predicted molar refractivity (Wildman–Crippen MR) is 97.9 cm³/mol. The summed E-state index contributed by atoms with van der Waals surface area (Å²) in [7, 11) is 1.72. The van der Waals surface area contributed by atoms with Crippen LogP contribution in [0.3, 0.4) is 0 Å². The van der Waals surface area contributed by atoms with Crippen molar-refractivity contribution in [2.45, 2.75) is 13.0 Å². The summed E-state index contributed by atoms with van der Waals surface area (Å²) in [6, 6.07) is 3.80. The van der Waals surface area contributed by atoms with Crippen molar-refractivity contribution < 1.29 is 4.79 Å². The van der Waals surface area contributed by atoms with Gasteiger partial charge in [0.15, 0.2) is 10.8 Å². The average Bonchev–Trinajstić information content (AvgIpc) is 3.35. The number of nitrogens with one attached hydrogen (secondary N) is 2. The third-order valence-electron chi connectivity index (χ3n) is 3.92. The SMILES string of the molecule is Cn1ncc2c(=O)n(CCC(=O)Nc3nc(-c4ccc[nH]4)cs3)cnc21. The van der Waals surface area contributed by atoms with Crippen molar-refractivity contribution in [3.8, 4) is 11.4 Å². The van der Waals surface area contributed by atoms with Crippen LogP contribution < -0.4 is 10.9 Å². The van der Waals surface area contributed by atoms with Crippen LogP contribution in [0.1, 0.15) is 6.42 Å². The number of amides is 1. The fourth-order valence-electron chi connectivity index (χ4n) is 2.57. The van der Waals surface area contributed by atoms with Gasteiger partial charge < -0.3 is 10.3 Å². The number of rotatable bonds is 5. The molecular weight excluding hydrogens is 354 g/mol. The Morgan fingerprint density at radius 1 is 1.42 bits per heavy atom. The van der Waals surface area contributed by atoms with Crippen LogP contribution in [-0.2, 0) is 18.4 Å². The molecule has 2 N–H and O–H groups in total. The number of hydrogen-bond acceptors (Lipinski definition) is 6. The Bertz CT molecular complexity index is 1120. The van der Waals surface area contributed by atoms with Gasteiger partial charge in [-0.15, -0.1) is 11.3 Å². The van der Waals surface area contributed by atoms with E-state index in [0.717, 1.165) is 11.4 Å². The molecule has 0 bridgehead atoms. The number of anilines is 1. The van der Waals surface area contributed by atoms with Crippen LogP contribution in [0.25, 0.3) is 22.4 Å². The summed E-state index contributed by atoms with van der Waals surface area (Å²) in [5, 5.41) is 9.61. The molecule has 0 saturated heterocycles. The Hall–Kier alpha value is -3.27. The second kappa shape index (κ2) is 6.56. The van der Waals surface area contributed by atoms with Gasteiger partial charge in [-0.1, -0.05) is 0 Å². The zero-order valence-corrected chi connectivity index (χ0v) is 14.7. The number of aromatic nitrogens is 6. The highest BCUT2D eigenvalue weighted by Gasteiger charge is 2.11. The summed E-state index contributed by atoms with van der Waals surface area (Å²) in [5.41, 5.74) is 1.98. The van der Waals surface area contributed by atoms with Crippen molar-refractivity contribution >= 4 is 33.4 Å². The van der Waals surface area contributed by atoms with Crippen LogP contribution in [0.4, 0.5) is 5.13 Å². The Balaban J connectivity index is 1.41.